The smallest absolute Gasteiger partial charge is 0.0207 e. The molecular weight excluding hydrogens is 440 g/mol. The van der Waals surface area contributed by atoms with Crippen molar-refractivity contribution in [2.24, 2.45) is 5.92 Å². The predicted molar refractivity (Wildman–Crippen MR) is 151 cm³/mol. The summed E-state index contributed by atoms with van der Waals surface area (Å²) in [7, 11) is 0. The molecule has 164 valence electrons. The molecule has 1 atom stereocenters. The molecule has 0 fully saturated rings. The highest BCUT2D eigenvalue weighted by Crippen LogP contribution is 2.50. The molecule has 0 unspecified atom stereocenters. The van der Waals surface area contributed by atoms with Crippen molar-refractivity contribution in [1.82, 2.24) is 0 Å². The van der Waals surface area contributed by atoms with E-state index < -0.39 is 0 Å². The van der Waals surface area contributed by atoms with Gasteiger partial charge in [-0.1, -0.05) is 103 Å². The van der Waals surface area contributed by atoms with Crippen LogP contribution in [0, 0.1) is 5.92 Å². The highest BCUT2D eigenvalue weighted by atomic mass is 32.2. The van der Waals surface area contributed by atoms with Gasteiger partial charge in [0.1, 0.15) is 0 Å². The van der Waals surface area contributed by atoms with Crippen molar-refractivity contribution in [3.63, 3.8) is 0 Å². The van der Waals surface area contributed by atoms with Crippen LogP contribution >= 0.6 is 11.8 Å². The van der Waals surface area contributed by atoms with Gasteiger partial charge in [0.15, 0.2) is 0 Å². The molecule has 0 radical (unpaired) electrons. The summed E-state index contributed by atoms with van der Waals surface area (Å²) in [6.07, 6.45) is 12.7. The van der Waals surface area contributed by atoms with Crippen molar-refractivity contribution in [2.45, 2.75) is 16.2 Å². The maximum Gasteiger partial charge on any atom is 0.0207 e. The number of hydrogen-bond acceptors (Lipinski definition) is 1. The van der Waals surface area contributed by atoms with Gasteiger partial charge in [0.25, 0.3) is 0 Å². The molecule has 3 aliphatic rings. The summed E-state index contributed by atoms with van der Waals surface area (Å²) < 4.78 is 0. The molecular formula is C34H22S. The molecule has 0 aromatic heterocycles. The number of benzene rings is 5. The Bertz CT molecular complexity index is 1790. The predicted octanol–water partition coefficient (Wildman–Crippen LogP) is 9.78. The zero-order valence-electron chi connectivity index (χ0n) is 19.2. The standard InChI is InChI=1S/C34H22S/c1-3-11-25-21(7-1)15-17-28-29(25)19-23-8-2-4-12-26(23)33(28)24-16-18-31-30(20-24)27-13-5-9-22-10-6-14-32(35-31)34(22)27/h1-6,8-21H,7H2/t21-/m1/s1. The van der Waals surface area contributed by atoms with E-state index in [1.165, 1.54) is 70.3 Å². The van der Waals surface area contributed by atoms with E-state index >= 15 is 0 Å². The second kappa shape index (κ2) is 7.34. The van der Waals surface area contributed by atoms with Crippen LogP contribution in [0.2, 0.25) is 0 Å². The second-order valence-electron chi connectivity index (χ2n) is 9.66. The van der Waals surface area contributed by atoms with Crippen LogP contribution in [0.4, 0.5) is 0 Å². The lowest BCUT2D eigenvalue weighted by molar-refractivity contribution is 0.843. The Labute approximate surface area is 209 Å². The lowest BCUT2D eigenvalue weighted by atomic mass is 9.76. The minimum atomic E-state index is 0.482. The minimum Gasteiger partial charge on any atom is -0.0888 e. The van der Waals surface area contributed by atoms with Crippen LogP contribution in [-0.2, 0) is 0 Å². The Morgan fingerprint density at radius 3 is 2.57 bits per heavy atom. The fourth-order valence-corrected chi connectivity index (χ4v) is 7.27. The molecule has 5 aromatic rings. The van der Waals surface area contributed by atoms with Gasteiger partial charge in [-0.3, -0.25) is 0 Å². The van der Waals surface area contributed by atoms with Crippen molar-refractivity contribution in [2.75, 3.05) is 0 Å². The molecule has 0 nitrogen and oxygen atoms in total. The highest BCUT2D eigenvalue weighted by Gasteiger charge is 2.25. The maximum atomic E-state index is 2.43. The first-order valence-electron chi connectivity index (χ1n) is 12.3. The van der Waals surface area contributed by atoms with Gasteiger partial charge in [-0.2, -0.15) is 0 Å². The molecule has 1 heterocycles. The van der Waals surface area contributed by atoms with Crippen LogP contribution < -0.4 is 0 Å². The van der Waals surface area contributed by atoms with Gasteiger partial charge in [0.2, 0.25) is 0 Å². The first-order chi connectivity index (χ1) is 17.3. The van der Waals surface area contributed by atoms with Gasteiger partial charge in [-0.05, 0) is 85.8 Å². The summed E-state index contributed by atoms with van der Waals surface area (Å²) in [6, 6.07) is 31.7. The van der Waals surface area contributed by atoms with E-state index in [0.29, 0.717) is 5.92 Å². The molecule has 0 bridgehead atoms. The van der Waals surface area contributed by atoms with Crippen LogP contribution in [-0.4, -0.2) is 0 Å². The molecule has 0 spiro atoms. The quantitative estimate of drug-likeness (QED) is 0.234. The van der Waals surface area contributed by atoms with Crippen molar-refractivity contribution >= 4 is 45.0 Å². The molecule has 35 heavy (non-hydrogen) atoms. The van der Waals surface area contributed by atoms with E-state index in [2.05, 4.69) is 115 Å². The molecule has 8 rings (SSSR count). The van der Waals surface area contributed by atoms with Gasteiger partial charge in [0, 0.05) is 21.1 Å². The van der Waals surface area contributed by atoms with Crippen LogP contribution in [0.25, 0.3) is 55.4 Å². The van der Waals surface area contributed by atoms with Crippen molar-refractivity contribution < 1.29 is 0 Å². The molecule has 1 aliphatic heterocycles. The van der Waals surface area contributed by atoms with Crippen molar-refractivity contribution in [3.05, 3.63) is 120 Å². The Kier molecular flexibility index (Phi) is 4.09. The largest absolute Gasteiger partial charge is 0.0888 e. The Hall–Kier alpha value is -3.81. The van der Waals surface area contributed by atoms with E-state index in [1.807, 2.05) is 11.8 Å². The number of fused-ring (bicyclic) bond motifs is 6. The maximum absolute atomic E-state index is 2.43. The highest BCUT2D eigenvalue weighted by molar-refractivity contribution is 7.99. The molecule has 1 heteroatoms. The SMILES string of the molecule is C1=CC[C@@H]2C=Cc3c(cc4ccccc4c3-c3ccc4c(c3)-c3cccc5cccc(c35)S4)C2=C1. The van der Waals surface area contributed by atoms with E-state index in [0.717, 1.165) is 6.42 Å². The zero-order valence-corrected chi connectivity index (χ0v) is 20.0. The van der Waals surface area contributed by atoms with Crippen LogP contribution in [0.1, 0.15) is 17.5 Å². The summed E-state index contributed by atoms with van der Waals surface area (Å²) in [5, 5.41) is 5.33. The lowest BCUT2D eigenvalue weighted by Gasteiger charge is -2.28. The first-order valence-corrected chi connectivity index (χ1v) is 13.1. The van der Waals surface area contributed by atoms with Crippen LogP contribution in [0.5, 0.6) is 0 Å². The van der Waals surface area contributed by atoms with Crippen molar-refractivity contribution in [1.29, 1.82) is 0 Å². The molecule has 0 N–H and O–H groups in total. The fraction of sp³-hybridized carbons (Fsp3) is 0.0588. The molecule has 5 aromatic carbocycles. The average Bonchev–Trinajstić information content (AvgIpc) is 2.92. The number of rotatable bonds is 1. The minimum absolute atomic E-state index is 0.482. The third kappa shape index (κ3) is 2.82. The Morgan fingerprint density at radius 1 is 0.714 bits per heavy atom. The van der Waals surface area contributed by atoms with Crippen molar-refractivity contribution in [3.8, 4) is 22.3 Å². The van der Waals surface area contributed by atoms with Crippen LogP contribution in [0.15, 0.2) is 119 Å². The monoisotopic (exact) mass is 462 g/mol. The third-order valence-corrected chi connectivity index (χ3v) is 8.88. The first kappa shape index (κ1) is 19.5. The van der Waals surface area contributed by atoms with Gasteiger partial charge in [-0.15, -0.1) is 0 Å². The van der Waals surface area contributed by atoms with E-state index in [9.17, 15) is 0 Å². The van der Waals surface area contributed by atoms with Crippen LogP contribution in [0.3, 0.4) is 0 Å². The van der Waals surface area contributed by atoms with Gasteiger partial charge >= 0.3 is 0 Å². The van der Waals surface area contributed by atoms with Gasteiger partial charge < -0.3 is 0 Å². The van der Waals surface area contributed by atoms with E-state index in [1.54, 1.807) is 0 Å². The van der Waals surface area contributed by atoms with Gasteiger partial charge in [0.05, 0.1) is 0 Å². The normalized spacial score (nSPS) is 17.1. The molecule has 0 saturated carbocycles. The zero-order chi connectivity index (χ0) is 22.9. The number of hydrogen-bond donors (Lipinski definition) is 0. The fourth-order valence-electron chi connectivity index (χ4n) is 6.14. The molecule has 2 aliphatic carbocycles. The Morgan fingerprint density at radius 2 is 1.60 bits per heavy atom. The summed E-state index contributed by atoms with van der Waals surface area (Å²) in [5.41, 5.74) is 9.52. The summed E-state index contributed by atoms with van der Waals surface area (Å²) in [6.45, 7) is 0. The lowest BCUT2D eigenvalue weighted by Crippen LogP contribution is -2.09. The molecule has 0 saturated heterocycles. The second-order valence-corrected chi connectivity index (χ2v) is 10.7. The van der Waals surface area contributed by atoms with Gasteiger partial charge in [-0.25, -0.2) is 0 Å². The van der Waals surface area contributed by atoms with E-state index in [-0.39, 0.29) is 0 Å². The average molecular weight is 463 g/mol. The number of allylic oxidation sites excluding steroid dienone is 5. The van der Waals surface area contributed by atoms with E-state index in [4.69, 9.17) is 0 Å². The third-order valence-electron chi connectivity index (χ3n) is 7.74. The summed E-state index contributed by atoms with van der Waals surface area (Å²) >= 11 is 1.90. The molecule has 0 amide bonds. The summed E-state index contributed by atoms with van der Waals surface area (Å²) in [4.78, 5) is 2.69. The Balaban J connectivity index is 1.43. The summed E-state index contributed by atoms with van der Waals surface area (Å²) in [5.74, 6) is 0.482. The topological polar surface area (TPSA) is 0 Å².